The number of hydrogen-bond acceptors (Lipinski definition) is 3. The zero-order valence-electron chi connectivity index (χ0n) is 7.29. The van der Waals surface area contributed by atoms with Crippen LogP contribution in [0.15, 0.2) is 0 Å². The smallest absolute Gasteiger partial charge is 0.358 e. The molecule has 0 bridgehead atoms. The van der Waals surface area contributed by atoms with E-state index in [1.54, 1.807) is 0 Å². The van der Waals surface area contributed by atoms with Crippen LogP contribution in [0.25, 0.3) is 0 Å². The molecule has 0 aromatic heterocycles. The molecule has 0 aromatic rings. The summed E-state index contributed by atoms with van der Waals surface area (Å²) in [5, 5.41) is 8.04. The molecular formula is C7H16O3W-2. The minimum absolute atomic E-state index is 0. The van der Waals surface area contributed by atoms with E-state index >= 15 is 0 Å². The molecule has 0 aliphatic rings. The Balaban J connectivity index is -0.0000000564. The van der Waals surface area contributed by atoms with Gasteiger partial charge in [0.15, 0.2) is 0 Å². The van der Waals surface area contributed by atoms with E-state index in [2.05, 4.69) is 9.64 Å². The fourth-order valence-electron chi connectivity index (χ4n) is 0.189. The average molecular weight is 332 g/mol. The van der Waals surface area contributed by atoms with Gasteiger partial charge in [-0.15, -0.1) is 0 Å². The van der Waals surface area contributed by atoms with Gasteiger partial charge < -0.3 is 24.7 Å². The second-order valence-electron chi connectivity index (χ2n) is 1.06. The summed E-state index contributed by atoms with van der Waals surface area (Å²) in [5.41, 5.74) is 0. The molecular weight excluding hydrogens is 316 g/mol. The fourth-order valence-corrected chi connectivity index (χ4v) is 0.189. The third-order valence-corrected chi connectivity index (χ3v) is 0.397. The first kappa shape index (κ1) is 22.4. The van der Waals surface area contributed by atoms with Crippen LogP contribution in [-0.4, -0.2) is 29.2 Å². The Morgan fingerprint density at radius 3 is 2.00 bits per heavy atom. The SMILES string of the molecule is CC(=O)OCCO.[CH2]=[W].[CH3-].[CH3-]. The van der Waals surface area contributed by atoms with Crippen molar-refractivity contribution in [1.82, 2.24) is 0 Å². The van der Waals surface area contributed by atoms with Crippen molar-refractivity contribution in [1.29, 1.82) is 0 Å². The Labute approximate surface area is 80.2 Å². The fraction of sp³-hybridized carbons (Fsp3) is 0.429. The topological polar surface area (TPSA) is 46.5 Å². The number of esters is 1. The Hall–Kier alpha value is -0.0117. The zero-order chi connectivity index (χ0) is 7.70. The van der Waals surface area contributed by atoms with Crippen molar-refractivity contribution in [2.75, 3.05) is 13.2 Å². The number of aliphatic hydroxyl groups is 1. The summed E-state index contributed by atoms with van der Waals surface area (Å²) in [6, 6.07) is 0. The van der Waals surface area contributed by atoms with Crippen LogP contribution >= 0.6 is 0 Å². The molecule has 0 rings (SSSR count). The van der Waals surface area contributed by atoms with E-state index in [4.69, 9.17) is 5.11 Å². The minimum Gasteiger partial charge on any atom is -0.358 e. The minimum atomic E-state index is -0.353. The Morgan fingerprint density at radius 2 is 1.91 bits per heavy atom. The third kappa shape index (κ3) is 40.1. The summed E-state index contributed by atoms with van der Waals surface area (Å²) < 4.78 is 4.30. The molecule has 0 fully saturated rings. The predicted molar refractivity (Wildman–Crippen MR) is 43.7 cm³/mol. The van der Waals surface area contributed by atoms with E-state index in [9.17, 15) is 4.79 Å². The van der Waals surface area contributed by atoms with E-state index in [1.165, 1.54) is 26.3 Å². The molecule has 0 aromatic carbocycles. The van der Waals surface area contributed by atoms with Crippen molar-refractivity contribution < 1.29 is 34.0 Å². The molecule has 70 valence electrons. The Bertz CT molecular complexity index is 76.1. The summed E-state index contributed by atoms with van der Waals surface area (Å²) >= 11 is 1.33. The molecule has 0 aliphatic heterocycles. The van der Waals surface area contributed by atoms with Crippen molar-refractivity contribution in [3.05, 3.63) is 14.9 Å². The van der Waals surface area contributed by atoms with Gasteiger partial charge in [0.2, 0.25) is 0 Å². The van der Waals surface area contributed by atoms with Crippen molar-refractivity contribution in [2.24, 2.45) is 0 Å². The number of ether oxygens (including phenoxy) is 1. The molecule has 4 heteroatoms. The first-order valence-corrected chi connectivity index (χ1v) is 4.38. The number of carbonyl (C=O) groups is 1. The molecule has 0 amide bonds. The monoisotopic (exact) mass is 332 g/mol. The summed E-state index contributed by atoms with van der Waals surface area (Å²) in [4.78, 5) is 13.2. The molecule has 0 radical (unpaired) electrons. The predicted octanol–water partition coefficient (Wildman–Crippen LogP) is 0.408. The molecule has 0 heterocycles. The average Bonchev–Trinajstić information content (AvgIpc) is 1.88. The van der Waals surface area contributed by atoms with Gasteiger partial charge in [0.05, 0.1) is 6.61 Å². The van der Waals surface area contributed by atoms with E-state index in [1.807, 2.05) is 0 Å². The quantitative estimate of drug-likeness (QED) is 0.589. The largest absolute Gasteiger partial charge is 0.358 e. The summed E-state index contributed by atoms with van der Waals surface area (Å²) in [6.45, 7) is 1.31. The molecule has 1 N–H and O–H groups in total. The van der Waals surface area contributed by atoms with Crippen LogP contribution in [-0.2, 0) is 28.9 Å². The number of carbonyl (C=O) groups excluding carboxylic acids is 1. The molecule has 0 aliphatic carbocycles. The molecule has 0 atom stereocenters. The van der Waals surface area contributed by atoms with Crippen LogP contribution in [0, 0.1) is 14.9 Å². The molecule has 11 heavy (non-hydrogen) atoms. The summed E-state index contributed by atoms with van der Waals surface area (Å²) in [7, 11) is 0. The van der Waals surface area contributed by atoms with Crippen LogP contribution < -0.4 is 0 Å². The van der Waals surface area contributed by atoms with Crippen LogP contribution in [0.2, 0.25) is 0 Å². The van der Waals surface area contributed by atoms with Crippen molar-refractivity contribution in [2.45, 2.75) is 6.92 Å². The number of rotatable bonds is 2. The maximum atomic E-state index is 9.87. The van der Waals surface area contributed by atoms with Gasteiger partial charge in [-0.2, -0.15) is 0 Å². The Kier molecular flexibility index (Phi) is 45.9. The zero-order valence-corrected chi connectivity index (χ0v) is 10.2. The van der Waals surface area contributed by atoms with E-state index in [-0.39, 0.29) is 34.0 Å². The molecule has 0 unspecified atom stereocenters. The molecule has 0 saturated heterocycles. The molecule has 0 saturated carbocycles. The Morgan fingerprint density at radius 1 is 1.55 bits per heavy atom. The van der Waals surface area contributed by atoms with Crippen molar-refractivity contribution >= 4 is 10.9 Å². The van der Waals surface area contributed by atoms with Crippen molar-refractivity contribution in [3.8, 4) is 0 Å². The first-order chi connectivity index (χ1) is 4.27. The third-order valence-electron chi connectivity index (χ3n) is 0.397. The van der Waals surface area contributed by atoms with Crippen molar-refractivity contribution in [3.63, 3.8) is 0 Å². The van der Waals surface area contributed by atoms with Crippen LogP contribution in [0.1, 0.15) is 6.92 Å². The van der Waals surface area contributed by atoms with E-state index < -0.39 is 0 Å². The van der Waals surface area contributed by atoms with Gasteiger partial charge in [-0.3, -0.25) is 4.79 Å². The standard InChI is InChI=1S/C4H8O3.2CH3.CH2.W/c1-4(6)7-3-2-5;;;;/h5H,2-3H2,1H3;2*1H3;1H2;/q;2*-1;;. The second kappa shape index (κ2) is 22.5. The van der Waals surface area contributed by atoms with Gasteiger partial charge in [-0.1, -0.05) is 0 Å². The van der Waals surface area contributed by atoms with E-state index in [0.717, 1.165) is 0 Å². The van der Waals surface area contributed by atoms with Gasteiger partial charge in [0, 0.05) is 6.92 Å². The van der Waals surface area contributed by atoms with Gasteiger partial charge in [-0.05, 0) is 0 Å². The van der Waals surface area contributed by atoms with Crippen LogP contribution in [0.4, 0.5) is 0 Å². The van der Waals surface area contributed by atoms with Gasteiger partial charge in [0.25, 0.3) is 0 Å². The maximum Gasteiger partial charge on any atom is -0.358 e. The van der Waals surface area contributed by atoms with Gasteiger partial charge in [-0.25, -0.2) is 0 Å². The first-order valence-electron chi connectivity index (χ1n) is 2.30. The normalized spacial score (nSPS) is 5.64. The molecule has 3 nitrogen and oxygen atoms in total. The maximum absolute atomic E-state index is 9.87. The second-order valence-corrected chi connectivity index (χ2v) is 1.06. The summed E-state index contributed by atoms with van der Waals surface area (Å²) in [5.74, 6) is -0.353. The van der Waals surface area contributed by atoms with Gasteiger partial charge in [0.1, 0.15) is 6.61 Å². The number of hydrogen-bond donors (Lipinski definition) is 1. The van der Waals surface area contributed by atoms with E-state index in [0.29, 0.717) is 0 Å². The summed E-state index contributed by atoms with van der Waals surface area (Å²) in [6.07, 6.45) is 0. The molecule has 0 spiro atoms. The van der Waals surface area contributed by atoms with Gasteiger partial charge >= 0.3 is 30.2 Å². The number of aliphatic hydroxyl groups excluding tert-OH is 1. The van der Waals surface area contributed by atoms with Crippen LogP contribution in [0.3, 0.4) is 0 Å². The van der Waals surface area contributed by atoms with Crippen LogP contribution in [0.5, 0.6) is 0 Å².